The smallest absolute Gasteiger partial charge is 0.326 e. The van der Waals surface area contributed by atoms with E-state index in [0.717, 1.165) is 49.7 Å². The van der Waals surface area contributed by atoms with Crippen LogP contribution in [0.5, 0.6) is 5.75 Å². The summed E-state index contributed by atoms with van der Waals surface area (Å²) in [4.78, 5) is 47.3. The van der Waals surface area contributed by atoms with Crippen LogP contribution in [0, 0.1) is 0 Å². The monoisotopic (exact) mass is 645 g/mol. The van der Waals surface area contributed by atoms with Crippen molar-refractivity contribution in [1.29, 1.82) is 0 Å². The molecule has 10 nitrogen and oxygen atoms in total. The van der Waals surface area contributed by atoms with Crippen LogP contribution in [0.1, 0.15) is 108 Å². The van der Waals surface area contributed by atoms with E-state index >= 15 is 0 Å². The number of fused-ring (bicyclic) bond motifs is 1. The van der Waals surface area contributed by atoms with Gasteiger partial charge in [-0.2, -0.15) is 0 Å². The van der Waals surface area contributed by atoms with E-state index < -0.39 is 12.1 Å². The van der Waals surface area contributed by atoms with Crippen LogP contribution in [0.3, 0.4) is 0 Å². The molecular weight excluding hydrogens is 594 g/mol. The number of esters is 1. The predicted octanol–water partition coefficient (Wildman–Crippen LogP) is 6.77. The number of ether oxygens (including phenoxy) is 2. The average Bonchev–Trinajstić information content (AvgIpc) is 3.37. The summed E-state index contributed by atoms with van der Waals surface area (Å²) in [6, 6.07) is 15.4. The number of nitrogens with zero attached hydrogens (tertiary/aromatic N) is 3. The second-order valence-electron chi connectivity index (χ2n) is 13.2. The van der Waals surface area contributed by atoms with Gasteiger partial charge in [-0.3, -0.25) is 14.9 Å². The Morgan fingerprint density at radius 2 is 1.66 bits per heavy atom. The van der Waals surface area contributed by atoms with Gasteiger partial charge >= 0.3 is 12.0 Å². The van der Waals surface area contributed by atoms with Crippen LogP contribution in [0.25, 0.3) is 0 Å². The number of benzene rings is 2. The molecule has 0 bridgehead atoms. The van der Waals surface area contributed by atoms with Crippen molar-refractivity contribution in [1.82, 2.24) is 20.4 Å². The van der Waals surface area contributed by atoms with Gasteiger partial charge in [0.25, 0.3) is 0 Å². The van der Waals surface area contributed by atoms with Gasteiger partial charge in [-0.1, -0.05) is 75.3 Å². The molecule has 2 aromatic rings. The Bertz CT molecular complexity index is 1370. The molecule has 2 saturated carbocycles. The van der Waals surface area contributed by atoms with Gasteiger partial charge in [-0.25, -0.2) is 9.79 Å². The molecule has 10 heteroatoms. The van der Waals surface area contributed by atoms with Crippen LogP contribution in [-0.2, 0) is 20.9 Å². The number of amides is 3. The number of nitrogens with one attached hydrogen (secondary N) is 2. The van der Waals surface area contributed by atoms with Gasteiger partial charge in [-0.15, -0.1) is 0 Å². The molecular formula is C37H51N5O5. The zero-order chi connectivity index (χ0) is 33.0. The Hall–Kier alpha value is -4.08. The normalized spacial score (nSPS) is 17.8. The Kier molecular flexibility index (Phi) is 12.5. The van der Waals surface area contributed by atoms with Crippen LogP contribution in [0.4, 0.5) is 10.5 Å². The minimum absolute atomic E-state index is 0.0825. The van der Waals surface area contributed by atoms with Crippen LogP contribution < -0.4 is 15.4 Å². The van der Waals surface area contributed by atoms with Gasteiger partial charge in [0.05, 0.1) is 12.3 Å². The van der Waals surface area contributed by atoms with E-state index in [1.165, 1.54) is 32.1 Å². The predicted molar refractivity (Wildman–Crippen MR) is 182 cm³/mol. The summed E-state index contributed by atoms with van der Waals surface area (Å²) in [5.74, 6) is 0.741. The van der Waals surface area contributed by atoms with Crippen molar-refractivity contribution in [3.63, 3.8) is 0 Å². The van der Waals surface area contributed by atoms with Crippen LogP contribution in [-0.4, -0.2) is 65.9 Å². The van der Waals surface area contributed by atoms with Crippen molar-refractivity contribution in [2.75, 3.05) is 20.2 Å². The molecule has 0 spiro atoms. The topological polar surface area (TPSA) is 113 Å². The number of rotatable bonds is 11. The third kappa shape index (κ3) is 10.2. The number of carbonyl (C=O) groups is 3. The first-order chi connectivity index (χ1) is 22.9. The maximum atomic E-state index is 13.1. The molecule has 0 aromatic heterocycles. The zero-order valence-electron chi connectivity index (χ0n) is 28.0. The Labute approximate surface area is 279 Å². The second-order valence-corrected chi connectivity index (χ2v) is 13.2. The van der Waals surface area contributed by atoms with Crippen molar-refractivity contribution in [2.45, 2.75) is 115 Å². The second kappa shape index (κ2) is 17.2. The molecule has 3 aliphatic rings. The van der Waals surface area contributed by atoms with Crippen LogP contribution in [0.2, 0.25) is 0 Å². The van der Waals surface area contributed by atoms with Crippen LogP contribution >= 0.6 is 0 Å². The number of carbonyl (C=O) groups excluding carboxylic acids is 3. The van der Waals surface area contributed by atoms with E-state index in [9.17, 15) is 14.4 Å². The lowest BCUT2D eigenvalue weighted by Crippen LogP contribution is -2.52. The molecule has 5 rings (SSSR count). The molecule has 1 heterocycles. The van der Waals surface area contributed by atoms with Gasteiger partial charge in [0.2, 0.25) is 11.9 Å². The van der Waals surface area contributed by atoms with Crippen molar-refractivity contribution in [3.05, 3.63) is 59.7 Å². The highest BCUT2D eigenvalue weighted by atomic mass is 16.5. The molecule has 0 radical (unpaired) electrons. The average molecular weight is 646 g/mol. The molecule has 254 valence electrons. The molecule has 2 fully saturated rings. The van der Waals surface area contributed by atoms with Gasteiger partial charge in [-0.05, 0) is 62.8 Å². The van der Waals surface area contributed by atoms with E-state index in [1.807, 2.05) is 67.4 Å². The number of guanidine groups is 1. The largest absolute Gasteiger partial charge is 0.494 e. The molecule has 3 amide bonds. The first-order valence-electron chi connectivity index (χ1n) is 17.5. The lowest BCUT2D eigenvalue weighted by molar-refractivity contribution is -0.149. The fourth-order valence-electron chi connectivity index (χ4n) is 6.78. The first kappa shape index (κ1) is 34.3. The molecule has 1 unspecified atom stereocenters. The Morgan fingerprint density at radius 1 is 0.957 bits per heavy atom. The molecule has 2 N–H and O–H groups in total. The number of aliphatic imine (C=N–C) groups is 1. The summed E-state index contributed by atoms with van der Waals surface area (Å²) in [5, 5.41) is 5.97. The maximum Gasteiger partial charge on any atom is 0.326 e. The number of hydrogen-bond acceptors (Lipinski definition) is 7. The number of hydrogen-bond donors (Lipinski definition) is 2. The van der Waals surface area contributed by atoms with Crippen molar-refractivity contribution in [2.24, 2.45) is 4.99 Å². The number of urea groups is 1. The molecule has 0 saturated heterocycles. The highest BCUT2D eigenvalue weighted by Crippen LogP contribution is 2.30. The van der Waals surface area contributed by atoms with Crippen LogP contribution in [0.15, 0.2) is 53.5 Å². The standard InChI is InChI=1S/C37H51N5O5/c1-27(28-14-7-5-8-15-28)47-35(44)26-42-25-29-24-32(46-23-13-20-34(43)41(2)31-18-11-3-4-12-19-31)21-22-33(29)39-36(42)40-37(45)38-30-16-9-6-10-17-30/h5,7-8,14-15,21-22,24,27,30-31H,3-4,6,9-13,16-20,23,25-26H2,1-2H3,(H2,38,39,40,45). The summed E-state index contributed by atoms with van der Waals surface area (Å²) >= 11 is 0. The summed E-state index contributed by atoms with van der Waals surface area (Å²) < 4.78 is 11.8. The molecule has 2 aromatic carbocycles. The summed E-state index contributed by atoms with van der Waals surface area (Å²) in [7, 11) is 1.94. The highest BCUT2D eigenvalue weighted by Gasteiger charge is 2.27. The van der Waals surface area contributed by atoms with E-state index in [4.69, 9.17) is 14.5 Å². The zero-order valence-corrected chi connectivity index (χ0v) is 28.0. The molecule has 47 heavy (non-hydrogen) atoms. The minimum atomic E-state index is -0.419. The summed E-state index contributed by atoms with van der Waals surface area (Å²) in [5.41, 5.74) is 2.48. The quantitative estimate of drug-likeness (QED) is 0.159. The van der Waals surface area contributed by atoms with Crippen molar-refractivity contribution < 1.29 is 23.9 Å². The third-order valence-electron chi connectivity index (χ3n) is 9.57. The van der Waals surface area contributed by atoms with Gasteiger partial charge in [0.15, 0.2) is 0 Å². The molecule has 1 aliphatic heterocycles. The van der Waals surface area contributed by atoms with Gasteiger partial charge in [0.1, 0.15) is 18.4 Å². The van der Waals surface area contributed by atoms with Crippen molar-refractivity contribution in [3.8, 4) is 5.75 Å². The SMILES string of the molecule is CC(OC(=O)CN1Cc2cc(OCCCC(=O)N(C)C3CCCCCC3)ccc2N=C1NC(=O)NC1CCCCC1)c1ccccc1. The van der Waals surface area contributed by atoms with Crippen molar-refractivity contribution >= 4 is 29.6 Å². The highest BCUT2D eigenvalue weighted by molar-refractivity contribution is 5.99. The minimum Gasteiger partial charge on any atom is -0.494 e. The van der Waals surface area contributed by atoms with E-state index in [1.54, 1.807) is 4.90 Å². The molecule has 2 aliphatic carbocycles. The summed E-state index contributed by atoms with van der Waals surface area (Å²) in [6.07, 6.45) is 13.1. The van der Waals surface area contributed by atoms with E-state index in [2.05, 4.69) is 10.6 Å². The summed E-state index contributed by atoms with van der Waals surface area (Å²) in [6.45, 7) is 2.53. The maximum absolute atomic E-state index is 13.1. The van der Waals surface area contributed by atoms with Gasteiger partial charge in [0, 0.05) is 37.7 Å². The molecule has 1 atom stereocenters. The lowest BCUT2D eigenvalue weighted by Gasteiger charge is -2.31. The van der Waals surface area contributed by atoms with E-state index in [-0.39, 0.29) is 24.5 Å². The fraction of sp³-hybridized carbons (Fsp3) is 0.568. The first-order valence-corrected chi connectivity index (χ1v) is 17.5. The van der Waals surface area contributed by atoms with Gasteiger partial charge < -0.3 is 24.6 Å². The third-order valence-corrected chi connectivity index (χ3v) is 9.57. The lowest BCUT2D eigenvalue weighted by atomic mass is 9.96. The fourth-order valence-corrected chi connectivity index (χ4v) is 6.78. The Balaban J connectivity index is 1.19. The van der Waals surface area contributed by atoms with E-state index in [0.29, 0.717) is 49.4 Å². The Morgan fingerprint density at radius 3 is 2.40 bits per heavy atom.